The van der Waals surface area contributed by atoms with Gasteiger partial charge < -0.3 is 21.3 Å². The van der Waals surface area contributed by atoms with Crippen molar-refractivity contribution in [1.29, 1.82) is 0 Å². The van der Waals surface area contributed by atoms with E-state index in [2.05, 4.69) is 21.3 Å². The number of nitrogens with one attached hydrogen (secondary N) is 4. The summed E-state index contributed by atoms with van der Waals surface area (Å²) in [6.45, 7) is 3.91. The van der Waals surface area contributed by atoms with Gasteiger partial charge >= 0.3 is 12.1 Å². The van der Waals surface area contributed by atoms with Gasteiger partial charge in [0.1, 0.15) is 0 Å². The van der Waals surface area contributed by atoms with Crippen LogP contribution in [0.25, 0.3) is 32.7 Å². The van der Waals surface area contributed by atoms with E-state index in [0.29, 0.717) is 11.4 Å². The molecule has 0 radical (unpaired) electrons. The minimum atomic E-state index is -0.318. The molecule has 0 fully saturated rings. The molecule has 4 amide bonds. The molecule has 0 aromatic heterocycles. The molecule has 44 heavy (non-hydrogen) atoms. The number of rotatable bonds is 7. The number of urea groups is 2. The maximum atomic E-state index is 13.4. The monoisotopic (exact) mass is 578 g/mol. The molecule has 0 saturated heterocycles. The van der Waals surface area contributed by atoms with Crippen LogP contribution in [0.4, 0.5) is 21.0 Å². The Hall–Kier alpha value is -5.62. The van der Waals surface area contributed by atoms with Gasteiger partial charge in [-0.05, 0) is 58.7 Å². The van der Waals surface area contributed by atoms with Gasteiger partial charge in [0.15, 0.2) is 0 Å². The Labute approximate surface area is 257 Å². The van der Waals surface area contributed by atoms with Gasteiger partial charge in [-0.25, -0.2) is 9.59 Å². The minimum absolute atomic E-state index is 0.190. The quantitative estimate of drug-likeness (QED) is 0.152. The van der Waals surface area contributed by atoms with Crippen LogP contribution in [-0.2, 0) is 0 Å². The first-order valence-electron chi connectivity index (χ1n) is 14.8. The van der Waals surface area contributed by atoms with E-state index in [4.69, 9.17) is 0 Å². The predicted octanol–water partition coefficient (Wildman–Crippen LogP) is 9.43. The summed E-state index contributed by atoms with van der Waals surface area (Å²) in [6, 6.07) is 42.7. The lowest BCUT2D eigenvalue weighted by Crippen LogP contribution is -2.31. The van der Waals surface area contributed by atoms with Crippen LogP contribution in [0.2, 0.25) is 0 Å². The van der Waals surface area contributed by atoms with Gasteiger partial charge in [-0.3, -0.25) is 0 Å². The van der Waals surface area contributed by atoms with Crippen LogP contribution in [0.3, 0.4) is 0 Å². The zero-order valence-corrected chi connectivity index (χ0v) is 24.7. The second-order valence-corrected chi connectivity index (χ2v) is 10.9. The fourth-order valence-corrected chi connectivity index (χ4v) is 5.65. The molecule has 6 rings (SSSR count). The maximum absolute atomic E-state index is 13.4. The normalized spacial score (nSPS) is 12.3. The number of anilines is 2. The molecule has 0 heterocycles. The first-order valence-corrected chi connectivity index (χ1v) is 14.8. The molecule has 0 saturated carbocycles. The average molecular weight is 579 g/mol. The predicted molar refractivity (Wildman–Crippen MR) is 181 cm³/mol. The SMILES string of the molecule is C[C@@H](NC(=O)Nc1ccc2ccccc2c1-c1c(NC(=O)N[C@H](C)c2ccccc2)ccc2ccccc12)c1ccccc1. The third kappa shape index (κ3) is 6.10. The highest BCUT2D eigenvalue weighted by Gasteiger charge is 2.21. The first-order chi connectivity index (χ1) is 21.5. The number of carbonyl (C=O) groups is 2. The highest BCUT2D eigenvalue weighted by Crippen LogP contribution is 2.43. The Morgan fingerprint density at radius 1 is 0.455 bits per heavy atom. The molecule has 2 atom stereocenters. The van der Waals surface area contributed by atoms with Crippen molar-refractivity contribution >= 4 is 45.0 Å². The lowest BCUT2D eigenvalue weighted by Gasteiger charge is -2.22. The van der Waals surface area contributed by atoms with Crippen molar-refractivity contribution in [1.82, 2.24) is 10.6 Å². The molecule has 6 nitrogen and oxygen atoms in total. The van der Waals surface area contributed by atoms with Gasteiger partial charge in [-0.2, -0.15) is 0 Å². The summed E-state index contributed by atoms with van der Waals surface area (Å²) in [5.41, 5.74) is 4.95. The number of amides is 4. The number of hydrogen-bond donors (Lipinski definition) is 4. The van der Waals surface area contributed by atoms with E-state index in [0.717, 1.165) is 43.8 Å². The number of hydrogen-bond acceptors (Lipinski definition) is 2. The van der Waals surface area contributed by atoms with E-state index in [1.807, 2.05) is 147 Å². The summed E-state index contributed by atoms with van der Waals surface area (Å²) in [7, 11) is 0. The van der Waals surface area contributed by atoms with Crippen LogP contribution >= 0.6 is 0 Å². The molecule has 0 aliphatic carbocycles. The topological polar surface area (TPSA) is 82.3 Å². The Kier molecular flexibility index (Phi) is 8.23. The van der Waals surface area contributed by atoms with Crippen LogP contribution in [0.5, 0.6) is 0 Å². The molecular weight excluding hydrogens is 544 g/mol. The summed E-state index contributed by atoms with van der Waals surface area (Å²) < 4.78 is 0. The van der Waals surface area contributed by atoms with Crippen molar-refractivity contribution in [2.45, 2.75) is 25.9 Å². The smallest absolute Gasteiger partial charge is 0.319 e. The van der Waals surface area contributed by atoms with Gasteiger partial charge in [0, 0.05) is 11.1 Å². The van der Waals surface area contributed by atoms with Crippen LogP contribution in [-0.4, -0.2) is 12.1 Å². The largest absolute Gasteiger partial charge is 0.331 e. The molecule has 218 valence electrons. The van der Waals surface area contributed by atoms with Crippen LogP contribution < -0.4 is 21.3 Å². The maximum Gasteiger partial charge on any atom is 0.319 e. The summed E-state index contributed by atoms with van der Waals surface area (Å²) in [5, 5.41) is 16.3. The lowest BCUT2D eigenvalue weighted by atomic mass is 9.91. The number of benzene rings is 6. The zero-order chi connectivity index (χ0) is 30.5. The van der Waals surface area contributed by atoms with E-state index in [1.165, 1.54) is 0 Å². The van der Waals surface area contributed by atoms with Crippen LogP contribution in [0.15, 0.2) is 133 Å². The van der Waals surface area contributed by atoms with Crippen molar-refractivity contribution in [2.24, 2.45) is 0 Å². The molecular formula is C38H34N4O2. The summed E-state index contributed by atoms with van der Waals surface area (Å²) >= 11 is 0. The Morgan fingerprint density at radius 2 is 0.818 bits per heavy atom. The molecule has 0 spiro atoms. The zero-order valence-electron chi connectivity index (χ0n) is 24.7. The van der Waals surface area contributed by atoms with Crippen molar-refractivity contribution in [3.8, 4) is 11.1 Å². The lowest BCUT2D eigenvalue weighted by molar-refractivity contribution is 0.248. The van der Waals surface area contributed by atoms with E-state index < -0.39 is 0 Å². The highest BCUT2D eigenvalue weighted by atomic mass is 16.2. The molecule has 0 aliphatic rings. The molecule has 0 aliphatic heterocycles. The van der Waals surface area contributed by atoms with E-state index >= 15 is 0 Å². The number of fused-ring (bicyclic) bond motifs is 2. The summed E-state index contributed by atoms with van der Waals surface area (Å²) in [4.78, 5) is 26.8. The molecule has 0 bridgehead atoms. The van der Waals surface area contributed by atoms with Gasteiger partial charge in [0.05, 0.1) is 23.5 Å². The van der Waals surface area contributed by atoms with Gasteiger partial charge in [0.2, 0.25) is 0 Å². The van der Waals surface area contributed by atoms with Gasteiger partial charge in [0.25, 0.3) is 0 Å². The standard InChI is InChI=1S/C38H34N4O2/c1-25(27-13-5-3-6-14-27)39-37(43)41-33-23-21-29-17-9-11-19-31(29)35(33)36-32-20-12-10-18-30(32)22-24-34(36)42-38(44)40-26(2)28-15-7-4-8-16-28/h3-26H,1-2H3,(H2,39,41,43)(H2,40,42,44)/t25-,26-/m1/s1. The van der Waals surface area contributed by atoms with Crippen LogP contribution in [0.1, 0.15) is 37.1 Å². The van der Waals surface area contributed by atoms with E-state index in [1.54, 1.807) is 0 Å². The van der Waals surface area contributed by atoms with Crippen molar-refractivity contribution in [3.63, 3.8) is 0 Å². The van der Waals surface area contributed by atoms with Crippen molar-refractivity contribution < 1.29 is 9.59 Å². The van der Waals surface area contributed by atoms with Gasteiger partial charge in [-0.1, -0.05) is 121 Å². The third-order valence-electron chi connectivity index (χ3n) is 7.90. The van der Waals surface area contributed by atoms with Crippen molar-refractivity contribution in [3.05, 3.63) is 145 Å². The molecule has 4 N–H and O–H groups in total. The molecule has 0 unspecified atom stereocenters. The average Bonchev–Trinajstić information content (AvgIpc) is 3.05. The van der Waals surface area contributed by atoms with Crippen molar-refractivity contribution in [2.75, 3.05) is 10.6 Å². The number of carbonyl (C=O) groups excluding carboxylic acids is 2. The fraction of sp³-hybridized carbons (Fsp3) is 0.105. The van der Waals surface area contributed by atoms with E-state index in [-0.39, 0.29) is 24.1 Å². The first kappa shape index (κ1) is 28.5. The molecule has 6 aromatic rings. The van der Waals surface area contributed by atoms with Crippen LogP contribution in [0, 0.1) is 0 Å². The highest BCUT2D eigenvalue weighted by molar-refractivity contribution is 6.16. The second kappa shape index (κ2) is 12.7. The second-order valence-electron chi connectivity index (χ2n) is 10.9. The molecule has 6 aromatic carbocycles. The Balaban J connectivity index is 1.41. The Bertz CT molecular complexity index is 1800. The molecule has 6 heteroatoms. The van der Waals surface area contributed by atoms with Gasteiger partial charge in [-0.15, -0.1) is 0 Å². The Morgan fingerprint density at radius 3 is 1.23 bits per heavy atom. The minimum Gasteiger partial charge on any atom is -0.331 e. The summed E-state index contributed by atoms with van der Waals surface area (Å²) in [5.74, 6) is 0. The fourth-order valence-electron chi connectivity index (χ4n) is 5.65. The third-order valence-corrected chi connectivity index (χ3v) is 7.90. The van der Waals surface area contributed by atoms with E-state index in [9.17, 15) is 9.59 Å². The summed E-state index contributed by atoms with van der Waals surface area (Å²) in [6.07, 6.45) is 0.